The van der Waals surface area contributed by atoms with Gasteiger partial charge in [-0.15, -0.1) is 0 Å². The van der Waals surface area contributed by atoms with E-state index in [1.54, 1.807) is 24.3 Å². The summed E-state index contributed by atoms with van der Waals surface area (Å²) in [6, 6.07) is 7.03. The van der Waals surface area contributed by atoms with Crippen LogP contribution in [-0.4, -0.2) is 59.3 Å². The van der Waals surface area contributed by atoms with Crippen molar-refractivity contribution in [2.24, 2.45) is 0 Å². The number of nitrogens with one attached hydrogen (secondary N) is 1. The molecule has 0 spiro atoms. The van der Waals surface area contributed by atoms with Gasteiger partial charge in [0, 0.05) is 30.4 Å². The molecule has 0 bridgehead atoms. The minimum Gasteiger partial charge on any atom is -0.485 e. The average Bonchev–Trinajstić information content (AvgIpc) is 3.50. The van der Waals surface area contributed by atoms with Gasteiger partial charge in [0.1, 0.15) is 23.5 Å². The third-order valence-corrected chi connectivity index (χ3v) is 4.97. The van der Waals surface area contributed by atoms with E-state index in [0.29, 0.717) is 35.9 Å². The number of ether oxygens (including phenoxy) is 2. The summed E-state index contributed by atoms with van der Waals surface area (Å²) in [5.74, 6) is 1.37. The number of hydrogen-bond donors (Lipinski definition) is 3. The number of aromatic nitrogens is 2. The predicted molar refractivity (Wildman–Crippen MR) is 102 cm³/mol. The van der Waals surface area contributed by atoms with Gasteiger partial charge in [0.05, 0.1) is 31.2 Å². The molecule has 1 aliphatic heterocycles. The lowest BCUT2D eigenvalue weighted by Gasteiger charge is -2.27. The van der Waals surface area contributed by atoms with Crippen molar-refractivity contribution in [3.05, 3.63) is 41.9 Å². The zero-order valence-electron chi connectivity index (χ0n) is 15.0. The van der Waals surface area contributed by atoms with Crippen molar-refractivity contribution in [3.8, 4) is 5.75 Å². The lowest BCUT2D eigenvalue weighted by atomic mass is 10.0. The molecule has 1 aromatic heterocycles. The zero-order valence-corrected chi connectivity index (χ0v) is 15.0. The molecule has 1 aromatic carbocycles. The smallest absolute Gasteiger partial charge is 0.132 e. The van der Waals surface area contributed by atoms with E-state index in [2.05, 4.69) is 14.9 Å². The first-order chi connectivity index (χ1) is 13.1. The Kier molecular flexibility index (Phi) is 4.67. The van der Waals surface area contributed by atoms with E-state index in [1.165, 1.54) is 6.33 Å². The Balaban J connectivity index is 1.58. The second kappa shape index (κ2) is 7.13. The molecule has 8 nitrogen and oxygen atoms in total. The molecule has 1 saturated carbocycles. The van der Waals surface area contributed by atoms with Crippen LogP contribution in [0.15, 0.2) is 30.6 Å². The summed E-state index contributed by atoms with van der Waals surface area (Å²) in [6.07, 6.45) is 3.13. The van der Waals surface area contributed by atoms with Crippen LogP contribution in [0.3, 0.4) is 0 Å². The molecule has 2 aliphatic rings. The van der Waals surface area contributed by atoms with Gasteiger partial charge in [-0.1, -0.05) is 0 Å². The maximum Gasteiger partial charge on any atom is 0.132 e. The first-order valence-electron chi connectivity index (χ1n) is 9.04. The molecule has 27 heavy (non-hydrogen) atoms. The molecule has 0 amide bonds. The van der Waals surface area contributed by atoms with E-state index >= 15 is 0 Å². The van der Waals surface area contributed by atoms with Gasteiger partial charge in [0.2, 0.25) is 0 Å². The molecule has 0 radical (unpaired) electrons. The first-order valence-corrected chi connectivity index (χ1v) is 9.04. The lowest BCUT2D eigenvalue weighted by molar-refractivity contribution is 0.0954. The topological polar surface area (TPSA) is 118 Å². The monoisotopic (exact) mass is 369 g/mol. The highest BCUT2D eigenvalue weighted by molar-refractivity contribution is 6.13. The summed E-state index contributed by atoms with van der Waals surface area (Å²) in [5, 5.41) is 18.1. The predicted octanol–water partition coefficient (Wildman–Crippen LogP) is 1.22. The van der Waals surface area contributed by atoms with Crippen molar-refractivity contribution in [3.63, 3.8) is 0 Å². The van der Waals surface area contributed by atoms with Crippen molar-refractivity contribution >= 4 is 17.2 Å². The number of anilines is 2. The highest BCUT2D eigenvalue weighted by Crippen LogP contribution is 2.40. The van der Waals surface area contributed by atoms with E-state index in [0.717, 1.165) is 31.7 Å². The van der Waals surface area contributed by atoms with Gasteiger partial charge in [-0.2, -0.15) is 0 Å². The number of morpholine rings is 1. The normalized spacial score (nSPS) is 18.2. The van der Waals surface area contributed by atoms with Gasteiger partial charge in [-0.25, -0.2) is 9.97 Å². The molecule has 0 atom stereocenters. The molecule has 1 aliphatic carbocycles. The van der Waals surface area contributed by atoms with Gasteiger partial charge in [-0.3, -0.25) is 5.41 Å². The van der Waals surface area contributed by atoms with Crippen LogP contribution >= 0.6 is 0 Å². The summed E-state index contributed by atoms with van der Waals surface area (Å²) in [4.78, 5) is 10.7. The number of nitrogen functional groups attached to an aromatic ring is 1. The summed E-state index contributed by atoms with van der Waals surface area (Å²) < 4.78 is 11.3. The van der Waals surface area contributed by atoms with Crippen molar-refractivity contribution in [2.75, 3.05) is 43.5 Å². The number of aliphatic hydroxyl groups excluding tert-OH is 1. The maximum atomic E-state index is 9.46. The molecular formula is C19H23N5O3. The van der Waals surface area contributed by atoms with Crippen LogP contribution in [0.5, 0.6) is 5.75 Å². The second-order valence-electron chi connectivity index (χ2n) is 6.93. The number of hydrogen-bond acceptors (Lipinski definition) is 8. The van der Waals surface area contributed by atoms with Gasteiger partial charge in [-0.05, 0) is 31.0 Å². The largest absolute Gasteiger partial charge is 0.485 e. The van der Waals surface area contributed by atoms with Crippen molar-refractivity contribution < 1.29 is 14.6 Å². The molecule has 1 saturated heterocycles. The van der Waals surface area contributed by atoms with Gasteiger partial charge >= 0.3 is 0 Å². The second-order valence-corrected chi connectivity index (χ2v) is 6.93. The summed E-state index contributed by atoms with van der Waals surface area (Å²) in [6.45, 7) is 2.83. The molecule has 142 valence electrons. The Morgan fingerprint density at radius 2 is 2.04 bits per heavy atom. The minimum absolute atomic E-state index is 0.0149. The molecule has 2 heterocycles. The molecular weight excluding hydrogens is 346 g/mol. The summed E-state index contributed by atoms with van der Waals surface area (Å²) in [7, 11) is 0. The van der Waals surface area contributed by atoms with E-state index in [4.69, 9.17) is 20.6 Å². The van der Waals surface area contributed by atoms with Gasteiger partial charge in [0.15, 0.2) is 0 Å². The van der Waals surface area contributed by atoms with E-state index in [1.807, 2.05) is 0 Å². The summed E-state index contributed by atoms with van der Waals surface area (Å²) in [5.41, 5.74) is 7.36. The Bertz CT molecular complexity index is 847. The van der Waals surface area contributed by atoms with Crippen molar-refractivity contribution in [2.45, 2.75) is 18.4 Å². The standard InChI is InChI=1S/C19H23N5O3/c20-15-2-1-13(27-19(11-25)3-4-19)9-14(15)18(21)16-10-17(23-12-22-16)24-5-7-26-8-6-24/h1-2,9-10,12,21,25H,3-8,11,20H2. The number of rotatable bonds is 6. The van der Waals surface area contributed by atoms with Crippen LogP contribution < -0.4 is 15.4 Å². The first kappa shape index (κ1) is 17.7. The SMILES string of the molecule is N=C(c1cc(N2CCOCC2)ncn1)c1cc(OC2(CO)CC2)ccc1N. The number of nitrogens with two attached hydrogens (primary N) is 1. The zero-order chi connectivity index (χ0) is 18.9. The fraction of sp³-hybridized carbons (Fsp3) is 0.421. The van der Waals surface area contributed by atoms with Crippen LogP contribution in [0.4, 0.5) is 11.5 Å². The molecule has 0 unspecified atom stereocenters. The third kappa shape index (κ3) is 3.72. The quantitative estimate of drug-likeness (QED) is 0.517. The van der Waals surface area contributed by atoms with Crippen LogP contribution in [0.2, 0.25) is 0 Å². The van der Waals surface area contributed by atoms with Crippen LogP contribution in [-0.2, 0) is 4.74 Å². The van der Waals surface area contributed by atoms with Gasteiger partial charge < -0.3 is 25.2 Å². The third-order valence-electron chi connectivity index (χ3n) is 4.97. The van der Waals surface area contributed by atoms with Crippen LogP contribution in [0.1, 0.15) is 24.1 Å². The molecule has 2 fully saturated rings. The maximum absolute atomic E-state index is 9.46. The Hall–Kier alpha value is -2.71. The number of aliphatic hydroxyl groups is 1. The molecule has 4 N–H and O–H groups in total. The van der Waals surface area contributed by atoms with E-state index in [9.17, 15) is 5.11 Å². The molecule has 4 rings (SSSR count). The van der Waals surface area contributed by atoms with E-state index < -0.39 is 5.60 Å². The lowest BCUT2D eigenvalue weighted by Crippen LogP contribution is -2.36. The average molecular weight is 369 g/mol. The number of nitrogens with zero attached hydrogens (tertiary/aromatic N) is 3. The molecule has 2 aromatic rings. The number of benzene rings is 1. The Morgan fingerprint density at radius 3 is 2.74 bits per heavy atom. The minimum atomic E-state index is -0.478. The molecule has 8 heteroatoms. The Morgan fingerprint density at radius 1 is 1.26 bits per heavy atom. The van der Waals surface area contributed by atoms with Crippen LogP contribution in [0, 0.1) is 5.41 Å². The highest BCUT2D eigenvalue weighted by Gasteiger charge is 2.45. The fourth-order valence-corrected chi connectivity index (χ4v) is 3.08. The van der Waals surface area contributed by atoms with Gasteiger partial charge in [0.25, 0.3) is 0 Å². The van der Waals surface area contributed by atoms with E-state index in [-0.39, 0.29) is 12.3 Å². The van der Waals surface area contributed by atoms with Crippen LogP contribution in [0.25, 0.3) is 0 Å². The summed E-state index contributed by atoms with van der Waals surface area (Å²) >= 11 is 0. The fourth-order valence-electron chi connectivity index (χ4n) is 3.08. The highest BCUT2D eigenvalue weighted by atomic mass is 16.5. The Labute approximate surface area is 157 Å². The van der Waals surface area contributed by atoms with Crippen molar-refractivity contribution in [1.29, 1.82) is 5.41 Å². The van der Waals surface area contributed by atoms with Crippen molar-refractivity contribution in [1.82, 2.24) is 9.97 Å².